The Morgan fingerprint density at radius 3 is 2.89 bits per heavy atom. The van der Waals surface area contributed by atoms with Gasteiger partial charge in [-0.05, 0) is 32.0 Å². The number of hydrogen-bond donors (Lipinski definition) is 1. The van der Waals surface area contributed by atoms with Gasteiger partial charge in [0.15, 0.2) is 5.78 Å². The summed E-state index contributed by atoms with van der Waals surface area (Å²) in [5.41, 5.74) is 0.595. The molecule has 5 heteroatoms. The molecular formula is C14H17NO4. The Labute approximate surface area is 111 Å². The van der Waals surface area contributed by atoms with Crippen molar-refractivity contribution < 1.29 is 19.1 Å². The van der Waals surface area contributed by atoms with Crippen molar-refractivity contribution in [2.45, 2.75) is 25.9 Å². The van der Waals surface area contributed by atoms with Crippen molar-refractivity contribution in [3.8, 4) is 5.75 Å². The molecule has 0 radical (unpaired) electrons. The van der Waals surface area contributed by atoms with Crippen LogP contribution < -0.4 is 10.1 Å². The first-order chi connectivity index (χ1) is 8.91. The highest BCUT2D eigenvalue weighted by atomic mass is 16.5. The van der Waals surface area contributed by atoms with Crippen molar-refractivity contribution >= 4 is 17.4 Å². The van der Waals surface area contributed by atoms with Crippen LogP contribution in [-0.2, 0) is 9.53 Å². The number of Topliss-reactive ketones (excluding diaryl/α,β-unsaturated/α-hetero) is 1. The number of amides is 1. The molecule has 0 spiro atoms. The number of rotatable bonds is 3. The summed E-state index contributed by atoms with van der Waals surface area (Å²) in [6.07, 6.45) is 0.329. The Morgan fingerprint density at radius 1 is 1.47 bits per heavy atom. The van der Waals surface area contributed by atoms with Gasteiger partial charge in [0, 0.05) is 12.8 Å². The highest BCUT2D eigenvalue weighted by molar-refractivity contribution is 6.02. The van der Waals surface area contributed by atoms with Gasteiger partial charge in [-0.1, -0.05) is 0 Å². The van der Waals surface area contributed by atoms with E-state index in [2.05, 4.69) is 5.32 Å². The average molecular weight is 263 g/mol. The van der Waals surface area contributed by atoms with Gasteiger partial charge in [-0.15, -0.1) is 0 Å². The van der Waals surface area contributed by atoms with Crippen molar-refractivity contribution in [3.63, 3.8) is 0 Å². The van der Waals surface area contributed by atoms with Gasteiger partial charge in [0.2, 0.25) is 5.91 Å². The summed E-state index contributed by atoms with van der Waals surface area (Å²) in [7, 11) is 1.45. The molecule has 0 bridgehead atoms. The van der Waals surface area contributed by atoms with E-state index in [0.717, 1.165) is 0 Å². The maximum Gasteiger partial charge on any atom is 0.250 e. The van der Waals surface area contributed by atoms with Crippen molar-refractivity contribution in [1.82, 2.24) is 0 Å². The van der Waals surface area contributed by atoms with E-state index in [1.807, 2.05) is 13.8 Å². The molecule has 1 aromatic rings. The number of nitrogens with one attached hydrogen (secondary N) is 1. The summed E-state index contributed by atoms with van der Waals surface area (Å²) in [6, 6.07) is 5.05. The number of carbonyl (C=O) groups excluding carboxylic acids is 2. The van der Waals surface area contributed by atoms with Gasteiger partial charge in [0.25, 0.3) is 0 Å². The minimum atomic E-state index is -0.481. The number of anilines is 1. The predicted molar refractivity (Wildman–Crippen MR) is 70.6 cm³/mol. The molecule has 0 aliphatic carbocycles. The molecule has 0 unspecified atom stereocenters. The minimum Gasteiger partial charge on any atom is -0.487 e. The van der Waals surface area contributed by atoms with Gasteiger partial charge in [-0.2, -0.15) is 0 Å². The van der Waals surface area contributed by atoms with E-state index in [1.165, 1.54) is 7.11 Å². The van der Waals surface area contributed by atoms with Crippen LogP contribution in [0.2, 0.25) is 0 Å². The average Bonchev–Trinajstić information content (AvgIpc) is 2.29. The maximum absolute atomic E-state index is 12.0. The number of methoxy groups -OCH3 is 1. The number of hydrogen-bond acceptors (Lipinski definition) is 4. The van der Waals surface area contributed by atoms with Crippen LogP contribution in [0.1, 0.15) is 30.6 Å². The van der Waals surface area contributed by atoms with Crippen LogP contribution in [0.4, 0.5) is 5.69 Å². The molecule has 0 saturated heterocycles. The molecule has 1 amide bonds. The van der Waals surface area contributed by atoms with Gasteiger partial charge in [-0.25, -0.2) is 0 Å². The topological polar surface area (TPSA) is 64.6 Å². The summed E-state index contributed by atoms with van der Waals surface area (Å²) in [5, 5.41) is 2.66. The Bertz CT molecular complexity index is 522. The fourth-order valence-electron chi connectivity index (χ4n) is 2.06. The molecule has 1 heterocycles. The molecule has 1 N–H and O–H groups in total. The van der Waals surface area contributed by atoms with Crippen LogP contribution in [0.25, 0.3) is 0 Å². The molecule has 1 aromatic carbocycles. The highest BCUT2D eigenvalue weighted by Crippen LogP contribution is 2.34. The van der Waals surface area contributed by atoms with E-state index in [-0.39, 0.29) is 18.3 Å². The smallest absolute Gasteiger partial charge is 0.250 e. The van der Waals surface area contributed by atoms with E-state index in [4.69, 9.17) is 9.47 Å². The standard InChI is InChI=1S/C14H17NO4/c1-14(2)7-11(16)10-6-9(4-5-12(10)19-14)15-13(17)8-18-3/h4-6H,7-8H2,1-3H3,(H,15,17). The van der Waals surface area contributed by atoms with Gasteiger partial charge >= 0.3 is 0 Å². The lowest BCUT2D eigenvalue weighted by molar-refractivity contribution is -0.119. The monoisotopic (exact) mass is 263 g/mol. The molecule has 0 aromatic heterocycles. The second-order valence-electron chi connectivity index (χ2n) is 5.15. The molecule has 0 atom stereocenters. The number of carbonyl (C=O) groups is 2. The number of ether oxygens (including phenoxy) is 2. The SMILES string of the molecule is COCC(=O)Nc1ccc2c(c1)C(=O)CC(C)(C)O2. The van der Waals surface area contributed by atoms with Crippen LogP contribution >= 0.6 is 0 Å². The van der Waals surface area contributed by atoms with Crippen LogP contribution in [0.5, 0.6) is 5.75 Å². The quantitative estimate of drug-likeness (QED) is 0.906. The first-order valence-corrected chi connectivity index (χ1v) is 6.06. The van der Waals surface area contributed by atoms with Crippen molar-refractivity contribution in [2.24, 2.45) is 0 Å². The van der Waals surface area contributed by atoms with Gasteiger partial charge in [-0.3, -0.25) is 9.59 Å². The summed E-state index contributed by atoms with van der Waals surface area (Å²) < 4.78 is 10.5. The van der Waals surface area contributed by atoms with Crippen LogP contribution in [0.3, 0.4) is 0 Å². The normalized spacial score (nSPS) is 16.5. The van der Waals surface area contributed by atoms with Gasteiger partial charge in [0.1, 0.15) is 18.0 Å². The molecular weight excluding hydrogens is 246 g/mol. The third-order valence-corrected chi connectivity index (χ3v) is 2.81. The highest BCUT2D eigenvalue weighted by Gasteiger charge is 2.32. The van der Waals surface area contributed by atoms with E-state index in [9.17, 15) is 9.59 Å². The summed E-state index contributed by atoms with van der Waals surface area (Å²) >= 11 is 0. The van der Waals surface area contributed by atoms with Crippen molar-refractivity contribution in [1.29, 1.82) is 0 Å². The molecule has 1 aliphatic rings. The molecule has 19 heavy (non-hydrogen) atoms. The molecule has 102 valence electrons. The summed E-state index contributed by atoms with van der Waals surface area (Å²) in [4.78, 5) is 23.5. The minimum absolute atomic E-state index is 0.0193. The Kier molecular flexibility index (Phi) is 3.57. The fourth-order valence-corrected chi connectivity index (χ4v) is 2.06. The van der Waals surface area contributed by atoms with E-state index >= 15 is 0 Å². The first kappa shape index (κ1) is 13.5. The second kappa shape index (κ2) is 5.01. The molecule has 0 fully saturated rings. The maximum atomic E-state index is 12.0. The Morgan fingerprint density at radius 2 is 2.21 bits per heavy atom. The lowest BCUT2D eigenvalue weighted by Crippen LogP contribution is -2.35. The number of benzene rings is 1. The lowest BCUT2D eigenvalue weighted by Gasteiger charge is -2.31. The van der Waals surface area contributed by atoms with E-state index in [1.54, 1.807) is 18.2 Å². The largest absolute Gasteiger partial charge is 0.487 e. The van der Waals surface area contributed by atoms with Crippen LogP contribution in [0, 0.1) is 0 Å². The van der Waals surface area contributed by atoms with E-state index in [0.29, 0.717) is 23.4 Å². The molecule has 0 saturated carbocycles. The third-order valence-electron chi connectivity index (χ3n) is 2.81. The number of fused-ring (bicyclic) bond motifs is 1. The zero-order valence-electron chi connectivity index (χ0n) is 11.3. The number of ketones is 1. The zero-order chi connectivity index (χ0) is 14.0. The van der Waals surface area contributed by atoms with Crippen molar-refractivity contribution in [3.05, 3.63) is 23.8 Å². The zero-order valence-corrected chi connectivity index (χ0v) is 11.3. The summed E-state index contributed by atoms with van der Waals surface area (Å²) in [5.74, 6) is 0.326. The molecule has 1 aliphatic heterocycles. The van der Waals surface area contributed by atoms with Crippen molar-refractivity contribution in [2.75, 3.05) is 19.0 Å². The van der Waals surface area contributed by atoms with Crippen LogP contribution in [-0.4, -0.2) is 31.0 Å². The van der Waals surface area contributed by atoms with E-state index < -0.39 is 5.60 Å². The Balaban J connectivity index is 2.22. The summed E-state index contributed by atoms with van der Waals surface area (Å²) in [6.45, 7) is 3.73. The van der Waals surface area contributed by atoms with Gasteiger partial charge in [0.05, 0.1) is 12.0 Å². The Hall–Kier alpha value is -1.88. The molecule has 2 rings (SSSR count). The lowest BCUT2D eigenvalue weighted by atomic mass is 9.93. The first-order valence-electron chi connectivity index (χ1n) is 6.06. The molecule has 5 nitrogen and oxygen atoms in total. The predicted octanol–water partition coefficient (Wildman–Crippen LogP) is 2.02. The second-order valence-corrected chi connectivity index (χ2v) is 5.15. The van der Waals surface area contributed by atoms with Gasteiger partial charge < -0.3 is 14.8 Å². The fraction of sp³-hybridized carbons (Fsp3) is 0.429. The third kappa shape index (κ3) is 3.12. The van der Waals surface area contributed by atoms with Crippen LogP contribution in [0.15, 0.2) is 18.2 Å².